The van der Waals surface area contributed by atoms with E-state index in [0.29, 0.717) is 44.0 Å². The van der Waals surface area contributed by atoms with Crippen LogP contribution in [0, 0.1) is 5.92 Å². The molecule has 1 aromatic heterocycles. The minimum Gasteiger partial charge on any atom is -0.497 e. The van der Waals surface area contributed by atoms with E-state index >= 15 is 0 Å². The standard InChI is InChI=1S/C24H31N5O5S/c1-34-21-7-4-6-20(17-21)29-18-19(16-23(29)30)24(31)26-10-5-15-35(32,33)28-13-11-27(12-14-28)22-8-2-3-9-25-22/h2-4,6-9,17,19H,5,10-16,18H2,1H3,(H,26,31). The molecule has 11 heteroatoms. The fraction of sp³-hybridized carbons (Fsp3) is 0.458. The number of aromatic nitrogens is 1. The molecule has 10 nitrogen and oxygen atoms in total. The Labute approximate surface area is 205 Å². The van der Waals surface area contributed by atoms with Crippen molar-refractivity contribution in [1.82, 2.24) is 14.6 Å². The molecule has 0 aliphatic carbocycles. The number of anilines is 2. The lowest BCUT2D eigenvalue weighted by atomic mass is 10.1. The summed E-state index contributed by atoms with van der Waals surface area (Å²) in [6, 6.07) is 12.8. The number of nitrogens with one attached hydrogen (secondary N) is 1. The van der Waals surface area contributed by atoms with Crippen molar-refractivity contribution in [3.8, 4) is 5.75 Å². The Bertz CT molecular complexity index is 1140. The van der Waals surface area contributed by atoms with Crippen molar-refractivity contribution in [2.75, 3.05) is 61.9 Å². The number of hydrogen-bond donors (Lipinski definition) is 1. The first-order chi connectivity index (χ1) is 16.9. The molecule has 1 unspecified atom stereocenters. The number of carbonyl (C=O) groups is 2. The normalized spacial score (nSPS) is 19.1. The number of benzene rings is 1. The maximum atomic E-state index is 12.7. The summed E-state index contributed by atoms with van der Waals surface area (Å²) >= 11 is 0. The third kappa shape index (κ3) is 6.09. The largest absolute Gasteiger partial charge is 0.497 e. The number of ether oxygens (including phenoxy) is 1. The van der Waals surface area contributed by atoms with Crippen LogP contribution in [0.25, 0.3) is 0 Å². The summed E-state index contributed by atoms with van der Waals surface area (Å²) in [5.41, 5.74) is 0.693. The summed E-state index contributed by atoms with van der Waals surface area (Å²) in [5.74, 6) is 0.641. The molecule has 0 radical (unpaired) electrons. The molecule has 0 bridgehead atoms. The number of piperazine rings is 1. The molecule has 1 N–H and O–H groups in total. The van der Waals surface area contributed by atoms with Crippen LogP contribution >= 0.6 is 0 Å². The van der Waals surface area contributed by atoms with Gasteiger partial charge in [-0.15, -0.1) is 0 Å². The van der Waals surface area contributed by atoms with Crippen molar-refractivity contribution in [2.45, 2.75) is 12.8 Å². The average Bonchev–Trinajstić information content (AvgIpc) is 3.29. The van der Waals surface area contributed by atoms with E-state index in [-0.39, 0.29) is 37.1 Å². The number of nitrogens with zero attached hydrogens (tertiary/aromatic N) is 4. The molecule has 188 valence electrons. The lowest BCUT2D eigenvalue weighted by Crippen LogP contribution is -2.49. The second-order valence-corrected chi connectivity index (χ2v) is 10.7. The Morgan fingerprint density at radius 3 is 2.66 bits per heavy atom. The summed E-state index contributed by atoms with van der Waals surface area (Å²) in [7, 11) is -1.85. The van der Waals surface area contributed by atoms with Crippen molar-refractivity contribution in [3.05, 3.63) is 48.7 Å². The van der Waals surface area contributed by atoms with Crippen molar-refractivity contribution in [2.24, 2.45) is 5.92 Å². The molecule has 2 aliphatic rings. The Morgan fingerprint density at radius 1 is 1.14 bits per heavy atom. The van der Waals surface area contributed by atoms with Gasteiger partial charge in [-0.1, -0.05) is 12.1 Å². The topological polar surface area (TPSA) is 112 Å². The van der Waals surface area contributed by atoms with E-state index in [9.17, 15) is 18.0 Å². The molecule has 0 saturated carbocycles. The molecule has 1 aromatic carbocycles. The van der Waals surface area contributed by atoms with E-state index in [1.807, 2.05) is 24.3 Å². The van der Waals surface area contributed by atoms with Gasteiger partial charge in [0.25, 0.3) is 0 Å². The van der Waals surface area contributed by atoms with Crippen molar-refractivity contribution < 1.29 is 22.7 Å². The highest BCUT2D eigenvalue weighted by Gasteiger charge is 2.35. The first-order valence-electron chi connectivity index (χ1n) is 11.7. The highest BCUT2D eigenvalue weighted by Crippen LogP contribution is 2.28. The molecule has 4 rings (SSSR count). The highest BCUT2D eigenvalue weighted by atomic mass is 32.2. The van der Waals surface area contributed by atoms with Gasteiger partial charge in [-0.3, -0.25) is 9.59 Å². The molecule has 2 aromatic rings. The summed E-state index contributed by atoms with van der Waals surface area (Å²) in [6.45, 7) is 2.54. The number of carbonyl (C=O) groups excluding carboxylic acids is 2. The van der Waals surface area contributed by atoms with Gasteiger partial charge in [0.1, 0.15) is 11.6 Å². The van der Waals surface area contributed by atoms with Gasteiger partial charge >= 0.3 is 0 Å². The van der Waals surface area contributed by atoms with Crippen molar-refractivity contribution in [3.63, 3.8) is 0 Å². The predicted molar refractivity (Wildman–Crippen MR) is 133 cm³/mol. The number of sulfonamides is 1. The molecule has 2 saturated heterocycles. The maximum absolute atomic E-state index is 12.7. The smallest absolute Gasteiger partial charge is 0.227 e. The van der Waals surface area contributed by atoms with E-state index in [4.69, 9.17) is 4.74 Å². The Morgan fingerprint density at radius 2 is 1.94 bits per heavy atom. The fourth-order valence-corrected chi connectivity index (χ4v) is 5.87. The molecular weight excluding hydrogens is 470 g/mol. The Kier molecular flexibility index (Phi) is 7.86. The first kappa shape index (κ1) is 24.9. The van der Waals surface area contributed by atoms with Gasteiger partial charge in [-0.05, 0) is 30.7 Å². The van der Waals surface area contributed by atoms with Crippen LogP contribution in [-0.2, 0) is 19.6 Å². The first-order valence-corrected chi connectivity index (χ1v) is 13.3. The van der Waals surface area contributed by atoms with Gasteiger partial charge in [-0.2, -0.15) is 4.31 Å². The summed E-state index contributed by atoms with van der Waals surface area (Å²) in [5, 5.41) is 2.80. The SMILES string of the molecule is COc1cccc(N2CC(C(=O)NCCCS(=O)(=O)N3CCN(c4ccccn4)CC3)CC2=O)c1. The zero-order valence-corrected chi connectivity index (χ0v) is 20.6. The second-order valence-electron chi connectivity index (χ2n) is 8.64. The summed E-state index contributed by atoms with van der Waals surface area (Å²) in [4.78, 5) is 33.0. The minimum absolute atomic E-state index is 0.0314. The van der Waals surface area contributed by atoms with Crippen LogP contribution < -0.4 is 19.9 Å². The molecule has 1 atom stereocenters. The number of hydrogen-bond acceptors (Lipinski definition) is 7. The van der Waals surface area contributed by atoms with Gasteiger partial charge in [0.2, 0.25) is 21.8 Å². The van der Waals surface area contributed by atoms with Gasteiger partial charge in [0, 0.05) is 63.6 Å². The molecule has 2 amide bonds. The van der Waals surface area contributed by atoms with Crippen LogP contribution in [0.2, 0.25) is 0 Å². The predicted octanol–water partition coefficient (Wildman–Crippen LogP) is 1.10. The van der Waals surface area contributed by atoms with Crippen LogP contribution in [0.1, 0.15) is 12.8 Å². The van der Waals surface area contributed by atoms with Crippen LogP contribution in [0.15, 0.2) is 48.7 Å². The van der Waals surface area contributed by atoms with Crippen molar-refractivity contribution >= 4 is 33.3 Å². The summed E-state index contributed by atoms with van der Waals surface area (Å²) in [6.07, 6.45) is 2.17. The number of pyridine rings is 1. The molecule has 2 aliphatic heterocycles. The molecule has 3 heterocycles. The lowest BCUT2D eigenvalue weighted by Gasteiger charge is -2.34. The van der Waals surface area contributed by atoms with Crippen LogP contribution in [-0.4, -0.2) is 81.7 Å². The summed E-state index contributed by atoms with van der Waals surface area (Å²) < 4.78 is 32.2. The van der Waals surface area contributed by atoms with E-state index in [2.05, 4.69) is 15.2 Å². The van der Waals surface area contributed by atoms with Crippen LogP contribution in [0.4, 0.5) is 11.5 Å². The highest BCUT2D eigenvalue weighted by molar-refractivity contribution is 7.89. The lowest BCUT2D eigenvalue weighted by molar-refractivity contribution is -0.126. The zero-order valence-electron chi connectivity index (χ0n) is 19.8. The Balaban J connectivity index is 1.20. The Hall–Kier alpha value is -3.18. The second kappa shape index (κ2) is 11.0. The quantitative estimate of drug-likeness (QED) is 0.512. The number of amides is 2. The number of rotatable bonds is 9. The molecule has 2 fully saturated rings. The molecular formula is C24H31N5O5S. The number of methoxy groups -OCH3 is 1. The van der Waals surface area contributed by atoms with E-state index in [1.165, 1.54) is 4.31 Å². The van der Waals surface area contributed by atoms with Gasteiger partial charge in [0.15, 0.2) is 0 Å². The van der Waals surface area contributed by atoms with Gasteiger partial charge in [-0.25, -0.2) is 13.4 Å². The maximum Gasteiger partial charge on any atom is 0.227 e. The van der Waals surface area contributed by atoms with E-state index in [1.54, 1.807) is 36.4 Å². The van der Waals surface area contributed by atoms with E-state index in [0.717, 1.165) is 5.82 Å². The minimum atomic E-state index is -3.41. The van der Waals surface area contributed by atoms with Crippen LogP contribution in [0.3, 0.4) is 0 Å². The monoisotopic (exact) mass is 501 g/mol. The zero-order chi connectivity index (χ0) is 24.8. The van der Waals surface area contributed by atoms with E-state index < -0.39 is 15.9 Å². The third-order valence-corrected chi connectivity index (χ3v) is 8.30. The average molecular weight is 502 g/mol. The molecule has 35 heavy (non-hydrogen) atoms. The van der Waals surface area contributed by atoms with Crippen molar-refractivity contribution in [1.29, 1.82) is 0 Å². The van der Waals surface area contributed by atoms with Gasteiger partial charge < -0.3 is 19.9 Å². The van der Waals surface area contributed by atoms with Crippen LogP contribution in [0.5, 0.6) is 5.75 Å². The molecule has 0 spiro atoms. The fourth-order valence-electron chi connectivity index (χ4n) is 4.39. The third-order valence-electron chi connectivity index (χ3n) is 6.34. The van der Waals surface area contributed by atoms with Gasteiger partial charge in [0.05, 0.1) is 18.8 Å².